The Hall–Kier alpha value is -2.67. The number of nitrogens with one attached hydrogen (secondary N) is 1. The quantitative estimate of drug-likeness (QED) is 0.275. The Labute approximate surface area is 197 Å². The summed E-state index contributed by atoms with van der Waals surface area (Å²) in [6.07, 6.45) is 0. The van der Waals surface area contributed by atoms with E-state index in [1.807, 2.05) is 72.8 Å². The van der Waals surface area contributed by atoms with Gasteiger partial charge in [0, 0.05) is 14.8 Å². The second-order valence-electron chi connectivity index (χ2n) is 6.49. The van der Waals surface area contributed by atoms with Gasteiger partial charge in [-0.2, -0.15) is 0 Å². The number of rotatable bonds is 7. The van der Waals surface area contributed by atoms with Crippen molar-refractivity contribution in [2.45, 2.75) is 16.4 Å². The van der Waals surface area contributed by atoms with Gasteiger partial charge in [0.05, 0.1) is 10.2 Å². The molecular formula is C24H17BrClNO3S. The minimum absolute atomic E-state index is 0.219. The highest BCUT2D eigenvalue weighted by Gasteiger charge is 2.14. The van der Waals surface area contributed by atoms with Crippen molar-refractivity contribution >= 4 is 50.9 Å². The molecule has 1 amide bonds. The van der Waals surface area contributed by atoms with Crippen molar-refractivity contribution in [2.24, 2.45) is 0 Å². The van der Waals surface area contributed by atoms with Crippen molar-refractivity contribution in [3.63, 3.8) is 0 Å². The number of hydrogen-bond acceptors (Lipinski definition) is 4. The molecule has 0 atom stereocenters. The highest BCUT2D eigenvalue weighted by Crippen LogP contribution is 2.34. The molecule has 0 aliphatic rings. The summed E-state index contributed by atoms with van der Waals surface area (Å²) in [5.41, 5.74) is 0.704. The number of anilines is 1. The standard InChI is InChI=1S/C24H17BrClNO3S/c25-19-5-1-3-7-21(19)29-15-17-11-14-22(30-17)24(28)27-20-6-2-4-8-23(20)31-18-12-9-16(26)10-13-18/h1-14H,15H2,(H,27,28). The van der Waals surface area contributed by atoms with Crippen LogP contribution in [0.25, 0.3) is 0 Å². The maximum atomic E-state index is 12.7. The number of ether oxygens (including phenoxy) is 1. The fourth-order valence-corrected chi connectivity index (χ4v) is 4.19. The summed E-state index contributed by atoms with van der Waals surface area (Å²) in [7, 11) is 0. The van der Waals surface area contributed by atoms with Gasteiger partial charge in [-0.25, -0.2) is 0 Å². The number of benzene rings is 3. The van der Waals surface area contributed by atoms with E-state index in [-0.39, 0.29) is 18.3 Å². The number of amides is 1. The molecular weight excluding hydrogens is 498 g/mol. The zero-order valence-corrected chi connectivity index (χ0v) is 19.3. The molecule has 31 heavy (non-hydrogen) atoms. The van der Waals surface area contributed by atoms with Crippen molar-refractivity contribution in [1.29, 1.82) is 0 Å². The van der Waals surface area contributed by atoms with Crippen LogP contribution in [-0.4, -0.2) is 5.91 Å². The molecule has 0 aliphatic carbocycles. The molecule has 1 N–H and O–H groups in total. The van der Waals surface area contributed by atoms with Gasteiger partial charge >= 0.3 is 0 Å². The van der Waals surface area contributed by atoms with Crippen LogP contribution in [-0.2, 0) is 6.61 Å². The average molecular weight is 515 g/mol. The molecule has 4 nitrogen and oxygen atoms in total. The van der Waals surface area contributed by atoms with E-state index in [0.717, 1.165) is 14.3 Å². The number of furan rings is 1. The van der Waals surface area contributed by atoms with E-state index < -0.39 is 0 Å². The smallest absolute Gasteiger partial charge is 0.291 e. The molecule has 3 aromatic carbocycles. The second kappa shape index (κ2) is 10.1. The Kier molecular flexibility index (Phi) is 7.02. The summed E-state index contributed by atoms with van der Waals surface area (Å²) in [4.78, 5) is 14.7. The topological polar surface area (TPSA) is 51.5 Å². The van der Waals surface area contributed by atoms with Crippen LogP contribution in [0.1, 0.15) is 16.3 Å². The third kappa shape index (κ3) is 5.73. The van der Waals surface area contributed by atoms with E-state index in [0.29, 0.717) is 22.2 Å². The first-order chi connectivity index (χ1) is 15.1. The van der Waals surface area contributed by atoms with Gasteiger partial charge in [0.15, 0.2) is 5.76 Å². The maximum absolute atomic E-state index is 12.7. The van der Waals surface area contributed by atoms with Gasteiger partial charge in [-0.05, 0) is 76.6 Å². The lowest BCUT2D eigenvalue weighted by Crippen LogP contribution is -2.11. The average Bonchev–Trinajstić information content (AvgIpc) is 3.25. The number of para-hydroxylation sites is 2. The second-order valence-corrected chi connectivity index (χ2v) is 8.90. The molecule has 4 rings (SSSR count). The lowest BCUT2D eigenvalue weighted by molar-refractivity contribution is 0.0992. The normalized spacial score (nSPS) is 10.6. The van der Waals surface area contributed by atoms with E-state index >= 15 is 0 Å². The molecule has 0 radical (unpaired) electrons. The molecule has 1 aromatic heterocycles. The van der Waals surface area contributed by atoms with Gasteiger partial charge in [-0.15, -0.1) is 0 Å². The molecule has 7 heteroatoms. The summed E-state index contributed by atoms with van der Waals surface area (Å²) >= 11 is 10.9. The first-order valence-corrected chi connectivity index (χ1v) is 11.4. The highest BCUT2D eigenvalue weighted by atomic mass is 79.9. The fourth-order valence-electron chi connectivity index (χ4n) is 2.76. The summed E-state index contributed by atoms with van der Waals surface area (Å²) < 4.78 is 12.3. The monoisotopic (exact) mass is 513 g/mol. The van der Waals surface area contributed by atoms with E-state index in [1.165, 1.54) is 0 Å². The van der Waals surface area contributed by atoms with E-state index in [4.69, 9.17) is 20.8 Å². The predicted molar refractivity (Wildman–Crippen MR) is 127 cm³/mol. The van der Waals surface area contributed by atoms with Gasteiger partial charge in [-0.3, -0.25) is 4.79 Å². The lowest BCUT2D eigenvalue weighted by atomic mass is 10.3. The summed E-state index contributed by atoms with van der Waals surface area (Å²) in [5, 5.41) is 3.61. The maximum Gasteiger partial charge on any atom is 0.291 e. The van der Waals surface area contributed by atoms with Gasteiger partial charge in [0.1, 0.15) is 18.1 Å². The molecule has 0 spiro atoms. The van der Waals surface area contributed by atoms with Crippen molar-refractivity contribution in [1.82, 2.24) is 0 Å². The minimum atomic E-state index is -0.323. The van der Waals surface area contributed by atoms with Crippen LogP contribution < -0.4 is 10.1 Å². The van der Waals surface area contributed by atoms with Crippen LogP contribution in [0.3, 0.4) is 0 Å². The summed E-state index contributed by atoms with van der Waals surface area (Å²) in [6.45, 7) is 0.221. The van der Waals surface area contributed by atoms with E-state index in [1.54, 1.807) is 23.9 Å². The molecule has 0 saturated carbocycles. The van der Waals surface area contributed by atoms with Crippen molar-refractivity contribution in [2.75, 3.05) is 5.32 Å². The third-order valence-electron chi connectivity index (χ3n) is 4.27. The van der Waals surface area contributed by atoms with Crippen LogP contribution in [0.2, 0.25) is 5.02 Å². The van der Waals surface area contributed by atoms with E-state index in [9.17, 15) is 4.79 Å². The zero-order chi connectivity index (χ0) is 21.6. The van der Waals surface area contributed by atoms with Crippen LogP contribution in [0.15, 0.2) is 104 Å². The molecule has 156 valence electrons. The molecule has 0 unspecified atom stereocenters. The minimum Gasteiger partial charge on any atom is -0.484 e. The highest BCUT2D eigenvalue weighted by molar-refractivity contribution is 9.10. The Morgan fingerprint density at radius 1 is 0.968 bits per heavy atom. The van der Waals surface area contributed by atoms with Crippen LogP contribution in [0.4, 0.5) is 5.69 Å². The van der Waals surface area contributed by atoms with Crippen molar-refractivity contribution in [3.05, 3.63) is 106 Å². The zero-order valence-electron chi connectivity index (χ0n) is 16.2. The Morgan fingerprint density at radius 2 is 1.71 bits per heavy atom. The molecule has 4 aromatic rings. The SMILES string of the molecule is O=C(Nc1ccccc1Sc1ccc(Cl)cc1)c1ccc(COc2ccccc2Br)o1. The molecule has 1 heterocycles. The molecule has 0 fully saturated rings. The van der Waals surface area contributed by atoms with Gasteiger partial charge in [0.25, 0.3) is 5.91 Å². The lowest BCUT2D eigenvalue weighted by Gasteiger charge is -2.10. The fraction of sp³-hybridized carbons (Fsp3) is 0.0417. The Bertz CT molecular complexity index is 1190. The number of hydrogen-bond donors (Lipinski definition) is 1. The van der Waals surface area contributed by atoms with Crippen molar-refractivity contribution < 1.29 is 13.9 Å². The van der Waals surface area contributed by atoms with Crippen LogP contribution in [0, 0.1) is 0 Å². The van der Waals surface area contributed by atoms with E-state index in [2.05, 4.69) is 21.2 Å². The van der Waals surface area contributed by atoms with Gasteiger partial charge < -0.3 is 14.5 Å². The van der Waals surface area contributed by atoms with Crippen LogP contribution >= 0.6 is 39.3 Å². The Morgan fingerprint density at radius 3 is 2.52 bits per heavy atom. The van der Waals surface area contributed by atoms with Crippen molar-refractivity contribution in [3.8, 4) is 5.75 Å². The van der Waals surface area contributed by atoms with Crippen LogP contribution in [0.5, 0.6) is 5.75 Å². The third-order valence-corrected chi connectivity index (χ3v) is 6.26. The predicted octanol–water partition coefficient (Wildman–Crippen LogP) is 7.68. The largest absolute Gasteiger partial charge is 0.484 e. The molecule has 0 bridgehead atoms. The number of carbonyl (C=O) groups is 1. The van der Waals surface area contributed by atoms with Gasteiger partial charge in [0.2, 0.25) is 0 Å². The Balaban J connectivity index is 1.42. The first-order valence-electron chi connectivity index (χ1n) is 9.38. The number of halogens is 2. The number of carbonyl (C=O) groups excluding carboxylic acids is 1. The molecule has 0 aliphatic heterocycles. The summed E-state index contributed by atoms with van der Waals surface area (Å²) in [6, 6.07) is 26.1. The summed E-state index contributed by atoms with van der Waals surface area (Å²) in [5.74, 6) is 1.16. The molecule has 0 saturated heterocycles. The first kappa shape index (κ1) is 21.6. The van der Waals surface area contributed by atoms with Gasteiger partial charge in [-0.1, -0.05) is 47.6 Å².